The molecular formula is C10H10F3NO. The van der Waals surface area contributed by atoms with Crippen molar-refractivity contribution < 1.29 is 20.6 Å². The molecule has 1 fully saturated rings. The molecule has 0 spiro atoms. The molecule has 82 valence electrons. The molecule has 2 aliphatic carbocycles. The molecule has 0 aromatic carbocycles. The van der Waals surface area contributed by atoms with Crippen LogP contribution in [0.1, 0.15) is 9.67 Å². The van der Waals surface area contributed by atoms with E-state index in [-0.39, 0.29) is 0 Å². The number of nitriles is 1. The van der Waals surface area contributed by atoms with Crippen molar-refractivity contribution in [3.63, 3.8) is 0 Å². The molecule has 0 radical (unpaired) electrons. The van der Waals surface area contributed by atoms with Gasteiger partial charge in [0.15, 0.2) is 0 Å². The normalized spacial score (nSPS) is 49.9. The van der Waals surface area contributed by atoms with Crippen molar-refractivity contribution in [2.24, 2.45) is 17.7 Å². The highest BCUT2D eigenvalue weighted by Crippen LogP contribution is 2.58. The van der Waals surface area contributed by atoms with Gasteiger partial charge in [0.2, 0.25) is 0 Å². The van der Waals surface area contributed by atoms with Crippen molar-refractivity contribution in [2.45, 2.75) is 19.2 Å². The first-order valence-electron chi connectivity index (χ1n) is 5.45. The summed E-state index contributed by atoms with van der Waals surface area (Å²) in [4.78, 5) is 0. The van der Waals surface area contributed by atoms with Crippen molar-refractivity contribution in [2.75, 3.05) is 6.61 Å². The number of halogens is 3. The largest absolute Gasteiger partial charge is 0.411 e. The molecule has 2 aliphatic rings. The van der Waals surface area contributed by atoms with Crippen molar-refractivity contribution in [3.8, 4) is 6.07 Å². The summed E-state index contributed by atoms with van der Waals surface area (Å²) in [7, 11) is 0. The molecule has 0 heterocycles. The van der Waals surface area contributed by atoms with Crippen LogP contribution in [-0.2, 0) is 4.74 Å². The van der Waals surface area contributed by atoms with E-state index in [2.05, 4.69) is 4.74 Å². The molecular weight excluding hydrogens is 207 g/mol. The number of rotatable bonds is 2. The molecule has 0 aliphatic heterocycles. The third-order valence-electron chi connectivity index (χ3n) is 2.56. The zero-order chi connectivity index (χ0) is 13.1. The summed E-state index contributed by atoms with van der Waals surface area (Å²) in [5.41, 5.74) is 0.587. The molecule has 0 aromatic rings. The van der Waals surface area contributed by atoms with Gasteiger partial charge in [-0.1, -0.05) is 11.6 Å². The van der Waals surface area contributed by atoms with Gasteiger partial charge in [-0.2, -0.15) is 18.4 Å². The Morgan fingerprint density at radius 3 is 2.80 bits per heavy atom. The lowest BCUT2D eigenvalue weighted by Gasteiger charge is -2.13. The van der Waals surface area contributed by atoms with E-state index in [0.29, 0.717) is 5.57 Å². The van der Waals surface area contributed by atoms with Crippen molar-refractivity contribution in [1.82, 2.24) is 0 Å². The Morgan fingerprint density at radius 2 is 2.33 bits per heavy atom. The number of ether oxygens (including phenoxy) is 1. The predicted octanol–water partition coefficient (Wildman–Crippen LogP) is 2.28. The van der Waals surface area contributed by atoms with Gasteiger partial charge in [-0.3, -0.25) is 0 Å². The molecule has 0 bridgehead atoms. The second-order valence-electron chi connectivity index (χ2n) is 3.70. The highest BCUT2D eigenvalue weighted by Gasteiger charge is 2.59. The summed E-state index contributed by atoms with van der Waals surface area (Å²) < 4.78 is 56.5. The third kappa shape index (κ3) is 1.86. The van der Waals surface area contributed by atoms with Crippen molar-refractivity contribution in [1.29, 1.82) is 5.26 Å². The Bertz CT molecular complexity index is 430. The highest BCUT2D eigenvalue weighted by atomic mass is 19.4. The molecule has 0 saturated heterocycles. The maximum Gasteiger partial charge on any atom is 0.411 e. The van der Waals surface area contributed by atoms with Crippen LogP contribution in [0.3, 0.4) is 0 Å². The van der Waals surface area contributed by atoms with Crippen LogP contribution in [0.2, 0.25) is 0 Å². The van der Waals surface area contributed by atoms with Gasteiger partial charge in [0.05, 0.1) is 19.4 Å². The zero-order valence-electron chi connectivity index (χ0n) is 9.93. The van der Waals surface area contributed by atoms with E-state index in [1.807, 2.05) is 6.07 Å². The minimum Gasteiger partial charge on any atom is -0.364 e. The van der Waals surface area contributed by atoms with Crippen LogP contribution >= 0.6 is 0 Å². The first-order chi connectivity index (χ1) is 7.66. The predicted molar refractivity (Wildman–Crippen MR) is 45.6 cm³/mol. The number of fused-ring (bicyclic) bond motifs is 1. The fourth-order valence-electron chi connectivity index (χ4n) is 1.89. The van der Waals surface area contributed by atoms with Crippen LogP contribution < -0.4 is 0 Å². The average molecular weight is 219 g/mol. The Balaban J connectivity index is 2.19. The standard InChI is InChI=1S/C10H10F3NO/c1-5-2-7(15-4-10(11,12)13)9-6(3-14)8(5)9/h2,6-9H,4H2,1H3/t6-,7+,8-,9-/m1/s1/i7D,9D. The molecule has 5 heteroatoms. The van der Waals surface area contributed by atoms with Crippen LogP contribution in [-0.4, -0.2) is 18.9 Å². The second-order valence-corrected chi connectivity index (χ2v) is 3.70. The van der Waals surface area contributed by atoms with Crippen LogP contribution in [0.25, 0.3) is 0 Å². The molecule has 0 amide bonds. The first-order valence-corrected chi connectivity index (χ1v) is 4.45. The minimum atomic E-state index is -4.54. The lowest BCUT2D eigenvalue weighted by atomic mass is 10.1. The summed E-state index contributed by atoms with van der Waals surface area (Å²) in [5, 5.41) is 8.80. The monoisotopic (exact) mass is 219 g/mol. The van der Waals surface area contributed by atoms with Gasteiger partial charge in [-0.15, -0.1) is 0 Å². The molecule has 2 nitrogen and oxygen atoms in total. The molecule has 15 heavy (non-hydrogen) atoms. The van der Waals surface area contributed by atoms with E-state index in [1.165, 1.54) is 6.08 Å². The number of alkyl halides is 3. The summed E-state index contributed by atoms with van der Waals surface area (Å²) in [6, 6.07) is 1.85. The van der Waals surface area contributed by atoms with Crippen LogP contribution in [0.4, 0.5) is 13.2 Å². The SMILES string of the molecule is [2H][C@]12[C@H](C#N)[C@H]1C(C)=C[C@]2([2H])OCC(F)(F)F. The summed E-state index contributed by atoms with van der Waals surface area (Å²) in [5.74, 6) is -2.81. The maximum atomic E-state index is 12.1. The number of hydrogen-bond acceptors (Lipinski definition) is 2. The Kier molecular flexibility index (Phi) is 1.76. The molecule has 4 atom stereocenters. The third-order valence-corrected chi connectivity index (χ3v) is 2.56. The lowest BCUT2D eigenvalue weighted by molar-refractivity contribution is -0.182. The lowest BCUT2D eigenvalue weighted by Crippen LogP contribution is -2.23. The van der Waals surface area contributed by atoms with Crippen molar-refractivity contribution in [3.05, 3.63) is 11.6 Å². The average Bonchev–Trinajstić information content (AvgIpc) is 2.75. The Hall–Kier alpha value is -1.02. The maximum absolute atomic E-state index is 12.1. The van der Waals surface area contributed by atoms with Gasteiger partial charge in [0.25, 0.3) is 0 Å². The second kappa shape index (κ2) is 3.24. The fraction of sp³-hybridized carbons (Fsp3) is 0.700. The van der Waals surface area contributed by atoms with Gasteiger partial charge < -0.3 is 4.74 Å². The minimum absolute atomic E-state index is 0.474. The Morgan fingerprint density at radius 1 is 1.67 bits per heavy atom. The molecule has 2 rings (SSSR count). The number of nitrogens with zero attached hydrogens (tertiary/aromatic N) is 1. The topological polar surface area (TPSA) is 33.0 Å². The summed E-state index contributed by atoms with van der Waals surface area (Å²) >= 11 is 0. The van der Waals surface area contributed by atoms with Crippen molar-refractivity contribution >= 4 is 0 Å². The van der Waals surface area contributed by atoms with E-state index in [0.717, 1.165) is 0 Å². The summed E-state index contributed by atoms with van der Waals surface area (Å²) in [6.45, 7) is 0.0321. The van der Waals surface area contributed by atoms with E-state index in [4.69, 9.17) is 8.00 Å². The Labute approximate surface area is 88.1 Å². The zero-order valence-corrected chi connectivity index (χ0v) is 7.93. The van der Waals surface area contributed by atoms with E-state index >= 15 is 0 Å². The summed E-state index contributed by atoms with van der Waals surface area (Å²) in [6.07, 6.45) is -5.40. The van der Waals surface area contributed by atoms with Crippen LogP contribution in [0.15, 0.2) is 11.6 Å². The smallest absolute Gasteiger partial charge is 0.364 e. The van der Waals surface area contributed by atoms with E-state index < -0.39 is 36.6 Å². The molecule has 0 unspecified atom stereocenters. The van der Waals surface area contributed by atoms with E-state index in [9.17, 15) is 13.2 Å². The van der Waals surface area contributed by atoms with Gasteiger partial charge in [-0.25, -0.2) is 0 Å². The first kappa shape index (κ1) is 8.17. The quantitative estimate of drug-likeness (QED) is 0.667. The molecule has 1 saturated carbocycles. The highest BCUT2D eigenvalue weighted by molar-refractivity contribution is 5.33. The molecule has 0 aromatic heterocycles. The van der Waals surface area contributed by atoms with Gasteiger partial charge in [0.1, 0.15) is 6.61 Å². The van der Waals surface area contributed by atoms with Crippen LogP contribution in [0.5, 0.6) is 0 Å². The molecule has 0 N–H and O–H groups in total. The fourth-order valence-corrected chi connectivity index (χ4v) is 1.89. The van der Waals surface area contributed by atoms with Gasteiger partial charge in [0, 0.05) is 13.2 Å². The van der Waals surface area contributed by atoms with Crippen LogP contribution in [0, 0.1) is 29.1 Å². The van der Waals surface area contributed by atoms with Gasteiger partial charge in [-0.05, 0) is 6.92 Å². The van der Waals surface area contributed by atoms with Gasteiger partial charge >= 0.3 is 6.18 Å². The number of allylic oxidation sites excluding steroid dienone is 1. The number of hydrogen-bond donors (Lipinski definition) is 0. The van der Waals surface area contributed by atoms with E-state index in [1.54, 1.807) is 6.92 Å².